The van der Waals surface area contributed by atoms with Gasteiger partial charge in [0.25, 0.3) is 0 Å². The fourth-order valence-corrected chi connectivity index (χ4v) is 4.38. The molecule has 2 heterocycles. The van der Waals surface area contributed by atoms with E-state index in [1.807, 2.05) is 59.3 Å². The number of amides is 1. The van der Waals surface area contributed by atoms with Gasteiger partial charge in [-0.15, -0.1) is 21.5 Å². The van der Waals surface area contributed by atoms with Crippen molar-refractivity contribution in [3.05, 3.63) is 76.3 Å². The monoisotopic (exact) mass is 455 g/mol. The summed E-state index contributed by atoms with van der Waals surface area (Å²) in [6.07, 6.45) is 0. The lowest BCUT2D eigenvalue weighted by atomic mass is 10.2. The van der Waals surface area contributed by atoms with Crippen LogP contribution in [0.1, 0.15) is 11.3 Å². The number of thiazole rings is 1. The van der Waals surface area contributed by atoms with Crippen LogP contribution in [0.3, 0.4) is 0 Å². The van der Waals surface area contributed by atoms with Gasteiger partial charge in [0.2, 0.25) is 5.91 Å². The quantitative estimate of drug-likeness (QED) is 0.390. The topological polar surface area (TPSA) is 72.7 Å². The Bertz CT molecular complexity index is 1140. The fraction of sp³-hybridized carbons (Fsp3) is 0.143. The summed E-state index contributed by atoms with van der Waals surface area (Å²) in [6, 6.07) is 17.6. The van der Waals surface area contributed by atoms with Crippen molar-refractivity contribution in [2.45, 2.75) is 18.6 Å². The van der Waals surface area contributed by atoms with E-state index >= 15 is 0 Å². The first-order valence-corrected chi connectivity index (χ1v) is 11.4. The molecule has 4 rings (SSSR count). The van der Waals surface area contributed by atoms with Gasteiger partial charge >= 0.3 is 0 Å². The number of halogens is 1. The van der Waals surface area contributed by atoms with Crippen molar-refractivity contribution in [3.63, 3.8) is 0 Å². The number of hydrogen-bond acceptors (Lipinski definition) is 6. The van der Waals surface area contributed by atoms with Crippen molar-refractivity contribution in [2.24, 2.45) is 0 Å². The summed E-state index contributed by atoms with van der Waals surface area (Å²) >= 11 is 8.79. The maximum Gasteiger partial charge on any atom is 0.236 e. The highest BCUT2D eigenvalue weighted by molar-refractivity contribution is 7.99. The number of aromatic nitrogens is 4. The van der Waals surface area contributed by atoms with E-state index in [0.717, 1.165) is 22.6 Å². The summed E-state index contributed by atoms with van der Waals surface area (Å²) in [5.41, 5.74) is 2.92. The smallest absolute Gasteiger partial charge is 0.236 e. The van der Waals surface area contributed by atoms with Crippen LogP contribution in [0.4, 0.5) is 5.13 Å². The van der Waals surface area contributed by atoms with E-state index in [-0.39, 0.29) is 11.7 Å². The van der Waals surface area contributed by atoms with Gasteiger partial charge in [-0.3, -0.25) is 9.36 Å². The zero-order valence-corrected chi connectivity index (χ0v) is 18.5. The van der Waals surface area contributed by atoms with Crippen molar-refractivity contribution < 1.29 is 4.79 Å². The molecule has 4 aromatic rings. The van der Waals surface area contributed by atoms with E-state index < -0.39 is 0 Å². The Hall–Kier alpha value is -2.68. The maximum atomic E-state index is 12.3. The summed E-state index contributed by atoms with van der Waals surface area (Å²) in [7, 11) is 0. The first-order valence-electron chi connectivity index (χ1n) is 9.16. The van der Waals surface area contributed by atoms with Gasteiger partial charge in [0, 0.05) is 16.0 Å². The van der Waals surface area contributed by atoms with E-state index in [1.54, 1.807) is 0 Å². The number of rotatable bonds is 7. The van der Waals surface area contributed by atoms with Crippen LogP contribution in [0, 0.1) is 6.92 Å². The number of carbonyl (C=O) groups excluding carboxylic acids is 1. The van der Waals surface area contributed by atoms with Crippen molar-refractivity contribution in [3.8, 4) is 11.4 Å². The molecule has 0 unspecified atom stereocenters. The number of aryl methyl sites for hydroxylation is 1. The van der Waals surface area contributed by atoms with E-state index in [9.17, 15) is 4.79 Å². The molecule has 2 aromatic heterocycles. The SMILES string of the molecule is Cc1csc(NC(=O)CSc2nnc(-c3ccc(Cl)cc3)n2Cc2ccccc2)n1. The second-order valence-corrected chi connectivity index (χ2v) is 8.75. The van der Waals surface area contributed by atoms with Crippen molar-refractivity contribution in [1.29, 1.82) is 0 Å². The third-order valence-corrected chi connectivity index (χ3v) is 6.29. The van der Waals surface area contributed by atoms with E-state index in [1.165, 1.54) is 23.1 Å². The molecule has 0 saturated heterocycles. The Morgan fingerprint density at radius 2 is 1.90 bits per heavy atom. The molecule has 0 spiro atoms. The van der Waals surface area contributed by atoms with Gasteiger partial charge in [0.15, 0.2) is 16.1 Å². The second kappa shape index (κ2) is 9.42. The summed E-state index contributed by atoms with van der Waals surface area (Å²) in [4.78, 5) is 16.6. The average Bonchev–Trinajstić information content (AvgIpc) is 3.34. The summed E-state index contributed by atoms with van der Waals surface area (Å²) in [5.74, 6) is 0.817. The molecular formula is C21H18ClN5OS2. The predicted octanol–water partition coefficient (Wildman–Crippen LogP) is 5.14. The Kier molecular flexibility index (Phi) is 6.47. The zero-order valence-electron chi connectivity index (χ0n) is 16.1. The molecule has 1 N–H and O–H groups in total. The van der Waals surface area contributed by atoms with Crippen molar-refractivity contribution >= 4 is 45.7 Å². The second-order valence-electron chi connectivity index (χ2n) is 6.52. The molecule has 0 atom stereocenters. The number of thioether (sulfide) groups is 1. The lowest BCUT2D eigenvalue weighted by molar-refractivity contribution is -0.113. The highest BCUT2D eigenvalue weighted by Crippen LogP contribution is 2.26. The molecule has 0 aliphatic carbocycles. The molecule has 2 aromatic carbocycles. The number of benzene rings is 2. The highest BCUT2D eigenvalue weighted by Gasteiger charge is 2.16. The molecule has 0 aliphatic heterocycles. The minimum Gasteiger partial charge on any atom is -0.301 e. The first kappa shape index (κ1) is 20.6. The van der Waals surface area contributed by atoms with Crippen LogP contribution in [-0.4, -0.2) is 31.4 Å². The molecular weight excluding hydrogens is 438 g/mol. The summed E-state index contributed by atoms with van der Waals surface area (Å²) < 4.78 is 2.02. The summed E-state index contributed by atoms with van der Waals surface area (Å²) in [5, 5.41) is 15.4. The van der Waals surface area contributed by atoms with Crippen molar-refractivity contribution in [1.82, 2.24) is 19.7 Å². The van der Waals surface area contributed by atoms with Gasteiger partial charge in [-0.1, -0.05) is 53.7 Å². The van der Waals surface area contributed by atoms with E-state index in [2.05, 4.69) is 32.6 Å². The minimum absolute atomic E-state index is 0.128. The Labute approximate surface area is 187 Å². The lowest BCUT2D eigenvalue weighted by Crippen LogP contribution is -2.14. The number of nitrogens with one attached hydrogen (secondary N) is 1. The van der Waals surface area contributed by atoms with Gasteiger partial charge in [0.05, 0.1) is 18.0 Å². The molecule has 0 aliphatic rings. The molecule has 0 bridgehead atoms. The van der Waals surface area contributed by atoms with Crippen LogP contribution in [0.5, 0.6) is 0 Å². The number of carbonyl (C=O) groups is 1. The lowest BCUT2D eigenvalue weighted by Gasteiger charge is -2.10. The molecule has 1 amide bonds. The van der Waals surface area contributed by atoms with Gasteiger partial charge in [-0.2, -0.15) is 0 Å². The third kappa shape index (κ3) is 5.08. The van der Waals surface area contributed by atoms with Gasteiger partial charge in [-0.25, -0.2) is 4.98 Å². The van der Waals surface area contributed by atoms with E-state index in [0.29, 0.717) is 21.9 Å². The molecule has 30 heavy (non-hydrogen) atoms. The van der Waals surface area contributed by atoms with Gasteiger partial charge in [0.1, 0.15) is 0 Å². The molecule has 0 fully saturated rings. The van der Waals surface area contributed by atoms with Crippen LogP contribution in [0.15, 0.2) is 65.1 Å². The van der Waals surface area contributed by atoms with Crippen LogP contribution in [-0.2, 0) is 11.3 Å². The Balaban J connectivity index is 1.55. The third-order valence-electron chi connectivity index (χ3n) is 4.20. The minimum atomic E-state index is -0.128. The molecule has 0 radical (unpaired) electrons. The van der Waals surface area contributed by atoms with Gasteiger partial charge < -0.3 is 5.32 Å². The standard InChI is InChI=1S/C21H18ClN5OS2/c1-14-12-29-20(23-14)24-18(28)13-30-21-26-25-19(16-7-9-17(22)10-8-16)27(21)11-15-5-3-2-4-6-15/h2-10,12H,11,13H2,1H3,(H,23,24,28). The van der Waals surface area contributed by atoms with Crippen molar-refractivity contribution in [2.75, 3.05) is 11.1 Å². The van der Waals surface area contributed by atoms with Crippen LogP contribution in [0.2, 0.25) is 5.02 Å². The summed E-state index contributed by atoms with van der Waals surface area (Å²) in [6.45, 7) is 2.49. The first-order chi connectivity index (χ1) is 14.6. The van der Waals surface area contributed by atoms with Crippen LogP contribution in [0.25, 0.3) is 11.4 Å². The average molecular weight is 456 g/mol. The molecule has 0 saturated carbocycles. The normalized spacial score (nSPS) is 10.9. The van der Waals surface area contributed by atoms with E-state index in [4.69, 9.17) is 11.6 Å². The highest BCUT2D eigenvalue weighted by atomic mass is 35.5. The number of anilines is 1. The molecule has 152 valence electrons. The van der Waals surface area contributed by atoms with Gasteiger partial charge in [-0.05, 0) is 36.8 Å². The zero-order chi connectivity index (χ0) is 20.9. The Morgan fingerprint density at radius 1 is 1.13 bits per heavy atom. The molecule has 9 heteroatoms. The fourth-order valence-electron chi connectivity index (χ4n) is 2.81. The molecule has 6 nitrogen and oxygen atoms in total. The predicted molar refractivity (Wildman–Crippen MR) is 122 cm³/mol. The largest absolute Gasteiger partial charge is 0.301 e. The Morgan fingerprint density at radius 3 is 2.60 bits per heavy atom. The number of nitrogens with zero attached hydrogens (tertiary/aromatic N) is 4. The van der Waals surface area contributed by atoms with Crippen LogP contribution < -0.4 is 5.32 Å². The maximum absolute atomic E-state index is 12.3. The number of hydrogen-bond donors (Lipinski definition) is 1. The van der Waals surface area contributed by atoms with Crippen LogP contribution >= 0.6 is 34.7 Å².